The smallest absolute Gasteiger partial charge is 0.328 e. The van der Waals surface area contributed by atoms with E-state index in [1.807, 2.05) is 12.2 Å². The number of rotatable bonds is 20. The van der Waals surface area contributed by atoms with Crippen LogP contribution < -0.4 is 38.1 Å². The number of nitrogens with one attached hydrogen (secondary N) is 5. The molecule has 0 saturated carbocycles. The first-order chi connectivity index (χ1) is 20.7. The second-order valence-corrected chi connectivity index (χ2v) is 11.2. The van der Waals surface area contributed by atoms with Crippen LogP contribution in [-0.4, -0.2) is 116 Å². The summed E-state index contributed by atoms with van der Waals surface area (Å²) in [5, 5.41) is 50.3. The number of aliphatic hydroxyl groups is 3. The van der Waals surface area contributed by atoms with E-state index < -0.39 is 108 Å². The average molecular weight is 648 g/mol. The number of carbonyl (C=O) groups is 7. The van der Waals surface area contributed by atoms with Crippen LogP contribution in [0.25, 0.3) is 0 Å². The highest BCUT2D eigenvalue weighted by molar-refractivity contribution is 5.98. The largest absolute Gasteiger partial charge is 0.480 e. The highest BCUT2D eigenvalue weighted by atomic mass is 16.4. The summed E-state index contributed by atoms with van der Waals surface area (Å²) in [5.41, 5.74) is 11.1. The van der Waals surface area contributed by atoms with Gasteiger partial charge in [0.05, 0.1) is 30.8 Å². The van der Waals surface area contributed by atoms with E-state index in [9.17, 15) is 54.0 Å². The van der Waals surface area contributed by atoms with Crippen molar-refractivity contribution in [1.82, 2.24) is 26.6 Å². The molecule has 0 aliphatic heterocycles. The number of unbranched alkanes of at least 4 members (excludes halogenated alkanes) is 1. The molecule has 0 radical (unpaired) electrons. The Morgan fingerprint density at radius 3 is 1.42 bits per heavy atom. The Morgan fingerprint density at radius 2 is 1.02 bits per heavy atom. The van der Waals surface area contributed by atoms with E-state index in [4.69, 9.17) is 11.5 Å². The van der Waals surface area contributed by atoms with Gasteiger partial charge in [0, 0.05) is 0 Å². The predicted molar refractivity (Wildman–Crippen MR) is 158 cm³/mol. The number of hydrogen-bond acceptors (Lipinski definition) is 11. The van der Waals surface area contributed by atoms with Crippen molar-refractivity contribution in [3.8, 4) is 0 Å². The number of hydrogen-bond donors (Lipinski definition) is 11. The van der Waals surface area contributed by atoms with Crippen molar-refractivity contribution >= 4 is 41.4 Å². The van der Waals surface area contributed by atoms with Crippen molar-refractivity contribution in [2.45, 2.75) is 122 Å². The molecule has 0 unspecified atom stereocenters. The Bertz CT molecular complexity index is 1050. The lowest BCUT2D eigenvalue weighted by atomic mass is 10.0. The third-order valence-corrected chi connectivity index (χ3v) is 6.66. The van der Waals surface area contributed by atoms with Crippen LogP contribution in [0.2, 0.25) is 0 Å². The fraction of sp³-hybridized carbons (Fsp3) is 0.741. The molecule has 18 nitrogen and oxygen atoms in total. The molecule has 0 spiro atoms. The van der Waals surface area contributed by atoms with E-state index in [0.29, 0.717) is 12.8 Å². The maximum absolute atomic E-state index is 13.2. The lowest BCUT2D eigenvalue weighted by Crippen LogP contribution is -2.63. The van der Waals surface area contributed by atoms with Crippen LogP contribution in [0.3, 0.4) is 0 Å². The molecule has 13 N–H and O–H groups in total. The molecule has 0 aliphatic carbocycles. The van der Waals surface area contributed by atoms with E-state index in [1.54, 1.807) is 13.8 Å². The van der Waals surface area contributed by atoms with Gasteiger partial charge >= 0.3 is 5.97 Å². The third-order valence-electron chi connectivity index (χ3n) is 6.66. The Balaban J connectivity index is 5.91. The van der Waals surface area contributed by atoms with Crippen LogP contribution in [0.1, 0.15) is 67.2 Å². The van der Waals surface area contributed by atoms with Gasteiger partial charge in [-0.25, -0.2) is 4.79 Å². The number of carbonyl (C=O) groups excluding carboxylic acids is 6. The molecule has 45 heavy (non-hydrogen) atoms. The molecule has 9 atom stereocenters. The minimum Gasteiger partial charge on any atom is -0.480 e. The van der Waals surface area contributed by atoms with Crippen molar-refractivity contribution < 1.29 is 54.0 Å². The Kier molecular flexibility index (Phi) is 17.8. The highest BCUT2D eigenvalue weighted by Crippen LogP contribution is 2.07. The summed E-state index contributed by atoms with van der Waals surface area (Å²) < 4.78 is 0. The highest BCUT2D eigenvalue weighted by Gasteiger charge is 2.37. The van der Waals surface area contributed by atoms with E-state index in [1.165, 1.54) is 0 Å². The van der Waals surface area contributed by atoms with Gasteiger partial charge in [-0.2, -0.15) is 0 Å². The quantitative estimate of drug-likeness (QED) is 0.0598. The van der Waals surface area contributed by atoms with Crippen LogP contribution >= 0.6 is 0 Å². The molecular formula is C27H49N7O11. The third kappa shape index (κ3) is 14.2. The predicted octanol–water partition coefficient (Wildman–Crippen LogP) is -4.31. The van der Waals surface area contributed by atoms with Crippen molar-refractivity contribution in [1.29, 1.82) is 0 Å². The molecule has 0 aromatic heterocycles. The van der Waals surface area contributed by atoms with Gasteiger partial charge < -0.3 is 58.5 Å². The summed E-state index contributed by atoms with van der Waals surface area (Å²) in [5.74, 6) is -8.16. The maximum Gasteiger partial charge on any atom is 0.328 e. The van der Waals surface area contributed by atoms with Crippen molar-refractivity contribution in [2.24, 2.45) is 17.4 Å². The van der Waals surface area contributed by atoms with E-state index >= 15 is 0 Å². The molecule has 0 aromatic carbocycles. The van der Waals surface area contributed by atoms with Crippen LogP contribution in [0.5, 0.6) is 0 Å². The molecule has 18 heteroatoms. The van der Waals surface area contributed by atoms with Gasteiger partial charge in [-0.1, -0.05) is 33.6 Å². The average Bonchev–Trinajstić information content (AvgIpc) is 2.92. The fourth-order valence-corrected chi connectivity index (χ4v) is 3.96. The van der Waals surface area contributed by atoms with Crippen LogP contribution in [-0.2, 0) is 33.6 Å². The summed E-state index contributed by atoms with van der Waals surface area (Å²) in [7, 11) is 0. The van der Waals surface area contributed by atoms with E-state index in [0.717, 1.165) is 27.2 Å². The van der Waals surface area contributed by atoms with Crippen LogP contribution in [0.4, 0.5) is 0 Å². The Hall–Kier alpha value is -3.87. The maximum atomic E-state index is 13.2. The number of nitrogens with two attached hydrogens (primary N) is 2. The topological polar surface area (TPSA) is 313 Å². The van der Waals surface area contributed by atoms with Gasteiger partial charge in [-0.3, -0.25) is 28.8 Å². The number of aliphatic carboxylic acids is 1. The molecule has 258 valence electrons. The molecule has 0 aromatic rings. The van der Waals surface area contributed by atoms with Crippen molar-refractivity contribution in [2.75, 3.05) is 0 Å². The molecule has 0 aliphatic rings. The first-order valence-electron chi connectivity index (χ1n) is 14.6. The number of aliphatic hydroxyl groups excluding tert-OH is 3. The summed E-state index contributed by atoms with van der Waals surface area (Å²) in [6.07, 6.45) is -3.67. The van der Waals surface area contributed by atoms with Gasteiger partial charge in [-0.05, 0) is 33.1 Å². The van der Waals surface area contributed by atoms with E-state index in [-0.39, 0.29) is 0 Å². The van der Waals surface area contributed by atoms with Gasteiger partial charge in [0.25, 0.3) is 0 Å². The zero-order chi connectivity index (χ0) is 35.2. The Morgan fingerprint density at radius 1 is 0.622 bits per heavy atom. The standard InChI is InChI=1S/C27H49N7O11/c1-7-8-9-15(28)22(39)31-18(11(2)3)24(41)33-19(12(4)35)25(42)30-16(10-17(29)38)23(40)32-20(13(5)36)26(43)34-21(14(6)37)27(44)45/h11-16,18-21,35-37H,7-10,28H2,1-6H3,(H2,29,38)(H,30,42)(H,31,39)(H,32,40)(H,33,41)(H,34,43)(H,44,45)/t12-,13-,14-,15+,16+,18+,19+,20+,21+/m1/s1. The van der Waals surface area contributed by atoms with Gasteiger partial charge in [0.15, 0.2) is 6.04 Å². The minimum atomic E-state index is -1.81. The van der Waals surface area contributed by atoms with Crippen LogP contribution in [0.15, 0.2) is 0 Å². The van der Waals surface area contributed by atoms with Crippen molar-refractivity contribution in [3.05, 3.63) is 0 Å². The summed E-state index contributed by atoms with van der Waals surface area (Å²) in [6, 6.07) is -9.13. The lowest BCUT2D eigenvalue weighted by Gasteiger charge is -2.29. The molecule has 6 amide bonds. The molecule has 0 heterocycles. The molecule has 0 fully saturated rings. The first kappa shape index (κ1) is 41.1. The summed E-state index contributed by atoms with van der Waals surface area (Å²) in [6.45, 7) is 8.51. The monoisotopic (exact) mass is 647 g/mol. The summed E-state index contributed by atoms with van der Waals surface area (Å²) in [4.78, 5) is 87.6. The number of primary amides is 1. The SMILES string of the molecule is CCCC[C@H](N)C(=O)N[C@H](C(=O)N[C@H](C(=O)N[C@@H](CC(N)=O)C(=O)N[C@H](C(=O)N[C@H](C(=O)O)[C@@H](C)O)[C@@H](C)O)[C@@H](C)O)C(C)C. The van der Waals surface area contributed by atoms with Gasteiger partial charge in [0.2, 0.25) is 35.4 Å². The van der Waals surface area contributed by atoms with Gasteiger partial charge in [-0.15, -0.1) is 0 Å². The molecule has 0 saturated heterocycles. The second kappa shape index (κ2) is 19.5. The van der Waals surface area contributed by atoms with Gasteiger partial charge in [0.1, 0.15) is 24.2 Å². The normalized spacial score (nSPS) is 17.2. The number of carboxylic acid groups (broad SMARTS) is 1. The Labute approximate surface area is 261 Å². The number of amides is 6. The fourth-order valence-electron chi connectivity index (χ4n) is 3.96. The summed E-state index contributed by atoms with van der Waals surface area (Å²) >= 11 is 0. The number of carboxylic acids is 1. The molecular weight excluding hydrogens is 598 g/mol. The zero-order valence-corrected chi connectivity index (χ0v) is 26.4. The van der Waals surface area contributed by atoms with Crippen molar-refractivity contribution in [3.63, 3.8) is 0 Å². The second-order valence-electron chi connectivity index (χ2n) is 11.2. The van der Waals surface area contributed by atoms with E-state index in [2.05, 4.69) is 21.3 Å². The minimum absolute atomic E-state index is 0.384. The molecule has 0 rings (SSSR count). The molecule has 0 bridgehead atoms. The first-order valence-corrected chi connectivity index (χ1v) is 14.6. The lowest BCUT2D eigenvalue weighted by molar-refractivity contribution is -0.146. The van der Waals surface area contributed by atoms with Crippen LogP contribution in [0, 0.1) is 5.92 Å². The zero-order valence-electron chi connectivity index (χ0n) is 26.4.